The van der Waals surface area contributed by atoms with E-state index in [9.17, 15) is 4.79 Å². The van der Waals surface area contributed by atoms with Crippen molar-refractivity contribution in [2.45, 2.75) is 51.4 Å². The number of para-hydroxylation sites is 1. The second-order valence-electron chi connectivity index (χ2n) is 5.62. The van der Waals surface area contributed by atoms with Gasteiger partial charge in [0.2, 0.25) is 5.91 Å². The summed E-state index contributed by atoms with van der Waals surface area (Å²) in [4.78, 5) is 12.1. The molecule has 7 heteroatoms. The number of hydrogen-bond donors (Lipinski definition) is 1. The Bertz CT molecular complexity index is 698. The molecule has 0 spiro atoms. The highest BCUT2D eigenvalue weighted by molar-refractivity contribution is 7.99. The molecule has 0 saturated carbocycles. The van der Waals surface area contributed by atoms with E-state index in [1.165, 1.54) is 11.8 Å². The highest BCUT2D eigenvalue weighted by atomic mass is 32.2. The Labute approximate surface area is 153 Å². The van der Waals surface area contributed by atoms with Crippen LogP contribution in [0.3, 0.4) is 0 Å². The van der Waals surface area contributed by atoms with Gasteiger partial charge in [0, 0.05) is 12.6 Å². The van der Waals surface area contributed by atoms with Crippen LogP contribution in [0.5, 0.6) is 5.75 Å². The molecule has 0 aliphatic carbocycles. The van der Waals surface area contributed by atoms with Crippen LogP contribution in [0.15, 0.2) is 29.4 Å². The number of thioether (sulfide) groups is 1. The fraction of sp³-hybridized carbons (Fsp3) is 0.500. The van der Waals surface area contributed by atoms with Crippen molar-refractivity contribution < 1.29 is 9.53 Å². The first-order valence-corrected chi connectivity index (χ1v) is 9.61. The van der Waals surface area contributed by atoms with Gasteiger partial charge in [0.25, 0.3) is 0 Å². The van der Waals surface area contributed by atoms with Crippen LogP contribution in [0, 0.1) is 0 Å². The largest absolute Gasteiger partial charge is 0.496 e. The summed E-state index contributed by atoms with van der Waals surface area (Å²) < 4.78 is 7.43. The SMILES string of the molecule is CCC(CC)NC(=O)CSc1nnc(-c2ccccc2OC)n1CC. The standard InChI is InChI=1S/C18H26N4O2S/c1-5-13(6-2)19-16(23)12-25-18-21-20-17(22(18)7-3)14-10-8-9-11-15(14)24-4/h8-11,13H,5-7,12H2,1-4H3,(H,19,23). The number of aromatic nitrogens is 3. The number of ether oxygens (including phenoxy) is 1. The van der Waals surface area contributed by atoms with Gasteiger partial charge in [-0.25, -0.2) is 0 Å². The van der Waals surface area contributed by atoms with E-state index in [0.29, 0.717) is 5.75 Å². The summed E-state index contributed by atoms with van der Waals surface area (Å²) in [6.07, 6.45) is 1.88. The monoisotopic (exact) mass is 362 g/mol. The van der Waals surface area contributed by atoms with E-state index in [1.54, 1.807) is 7.11 Å². The molecule has 0 fully saturated rings. The summed E-state index contributed by atoms with van der Waals surface area (Å²) in [6, 6.07) is 7.97. The van der Waals surface area contributed by atoms with Gasteiger partial charge in [0.15, 0.2) is 11.0 Å². The fourth-order valence-corrected chi connectivity index (χ4v) is 3.41. The molecule has 0 radical (unpaired) electrons. The zero-order valence-corrected chi connectivity index (χ0v) is 16.1. The van der Waals surface area contributed by atoms with Gasteiger partial charge in [0.1, 0.15) is 5.75 Å². The molecular weight excluding hydrogens is 336 g/mol. The van der Waals surface area contributed by atoms with Crippen molar-refractivity contribution in [2.75, 3.05) is 12.9 Å². The first kappa shape index (κ1) is 19.3. The van der Waals surface area contributed by atoms with Crippen LogP contribution in [-0.2, 0) is 11.3 Å². The van der Waals surface area contributed by atoms with Gasteiger partial charge in [-0.15, -0.1) is 10.2 Å². The molecule has 6 nitrogen and oxygen atoms in total. The van der Waals surface area contributed by atoms with E-state index in [1.807, 2.05) is 35.8 Å². The van der Waals surface area contributed by atoms with Crippen molar-refractivity contribution in [2.24, 2.45) is 0 Å². The molecule has 136 valence electrons. The molecule has 0 bridgehead atoms. The Kier molecular flexibility index (Phi) is 7.31. The molecule has 0 saturated heterocycles. The van der Waals surface area contributed by atoms with Gasteiger partial charge >= 0.3 is 0 Å². The van der Waals surface area contributed by atoms with E-state index in [2.05, 4.69) is 29.4 Å². The third-order valence-corrected chi connectivity index (χ3v) is 5.03. The highest BCUT2D eigenvalue weighted by Gasteiger charge is 2.17. The van der Waals surface area contributed by atoms with E-state index >= 15 is 0 Å². The van der Waals surface area contributed by atoms with Crippen molar-refractivity contribution in [1.82, 2.24) is 20.1 Å². The molecule has 1 aromatic carbocycles. The van der Waals surface area contributed by atoms with Crippen molar-refractivity contribution >= 4 is 17.7 Å². The Morgan fingerprint density at radius 2 is 1.96 bits per heavy atom. The van der Waals surface area contributed by atoms with Crippen LogP contribution in [-0.4, -0.2) is 39.6 Å². The third kappa shape index (κ3) is 4.75. The predicted molar refractivity (Wildman–Crippen MR) is 101 cm³/mol. The smallest absolute Gasteiger partial charge is 0.230 e. The molecule has 1 amide bonds. The summed E-state index contributed by atoms with van der Waals surface area (Å²) >= 11 is 1.41. The van der Waals surface area contributed by atoms with Crippen LogP contribution in [0.1, 0.15) is 33.6 Å². The third-order valence-electron chi connectivity index (χ3n) is 4.06. The Morgan fingerprint density at radius 1 is 1.24 bits per heavy atom. The van der Waals surface area contributed by atoms with Gasteiger partial charge in [0.05, 0.1) is 18.4 Å². The summed E-state index contributed by atoms with van der Waals surface area (Å²) in [5, 5.41) is 12.4. The molecule has 2 rings (SSSR count). The van der Waals surface area contributed by atoms with Gasteiger partial charge < -0.3 is 14.6 Å². The fourth-order valence-electron chi connectivity index (χ4n) is 2.60. The maximum Gasteiger partial charge on any atom is 0.230 e. The van der Waals surface area contributed by atoms with Crippen LogP contribution in [0.4, 0.5) is 0 Å². The van der Waals surface area contributed by atoms with Crippen LogP contribution < -0.4 is 10.1 Å². The van der Waals surface area contributed by atoms with Crippen LogP contribution in [0.25, 0.3) is 11.4 Å². The second kappa shape index (κ2) is 9.46. The predicted octanol–water partition coefficient (Wildman–Crippen LogP) is 3.37. The first-order chi connectivity index (χ1) is 12.1. The zero-order valence-electron chi connectivity index (χ0n) is 15.3. The van der Waals surface area contributed by atoms with Crippen LogP contribution in [0.2, 0.25) is 0 Å². The molecule has 0 aliphatic heterocycles. The zero-order chi connectivity index (χ0) is 18.2. The first-order valence-electron chi connectivity index (χ1n) is 8.63. The number of hydrogen-bond acceptors (Lipinski definition) is 5. The Hall–Kier alpha value is -2.02. The molecule has 1 aromatic heterocycles. The number of amides is 1. The lowest BCUT2D eigenvalue weighted by atomic mass is 10.2. The summed E-state index contributed by atoms with van der Waals surface area (Å²) in [7, 11) is 1.64. The van der Waals surface area contributed by atoms with E-state index < -0.39 is 0 Å². The number of carbonyl (C=O) groups excluding carboxylic acids is 1. The van der Waals surface area contributed by atoms with Crippen molar-refractivity contribution in [3.63, 3.8) is 0 Å². The molecule has 1 N–H and O–H groups in total. The molecule has 25 heavy (non-hydrogen) atoms. The van der Waals surface area contributed by atoms with Crippen molar-refractivity contribution in [3.05, 3.63) is 24.3 Å². The van der Waals surface area contributed by atoms with Gasteiger partial charge in [-0.3, -0.25) is 4.79 Å². The molecule has 0 aliphatic rings. The lowest BCUT2D eigenvalue weighted by Crippen LogP contribution is -2.35. The Morgan fingerprint density at radius 3 is 2.60 bits per heavy atom. The maximum absolute atomic E-state index is 12.1. The lowest BCUT2D eigenvalue weighted by molar-refractivity contribution is -0.119. The van der Waals surface area contributed by atoms with Gasteiger partial charge in [-0.1, -0.05) is 37.7 Å². The second-order valence-corrected chi connectivity index (χ2v) is 6.56. The van der Waals surface area contributed by atoms with Gasteiger partial charge in [-0.2, -0.15) is 0 Å². The average molecular weight is 362 g/mol. The minimum Gasteiger partial charge on any atom is -0.496 e. The van der Waals surface area contributed by atoms with Crippen molar-refractivity contribution in [3.8, 4) is 17.1 Å². The molecule has 0 unspecified atom stereocenters. The van der Waals surface area contributed by atoms with E-state index in [-0.39, 0.29) is 11.9 Å². The van der Waals surface area contributed by atoms with E-state index in [4.69, 9.17) is 4.74 Å². The molecular formula is C18H26N4O2S. The molecule has 1 heterocycles. The number of benzene rings is 1. The number of nitrogens with zero attached hydrogens (tertiary/aromatic N) is 3. The topological polar surface area (TPSA) is 69.0 Å². The average Bonchev–Trinajstić information content (AvgIpc) is 3.06. The number of carbonyl (C=O) groups is 1. The summed E-state index contributed by atoms with van der Waals surface area (Å²) in [5.74, 6) is 1.87. The van der Waals surface area contributed by atoms with E-state index in [0.717, 1.165) is 41.7 Å². The number of methoxy groups -OCH3 is 1. The maximum atomic E-state index is 12.1. The normalized spacial score (nSPS) is 10.9. The van der Waals surface area contributed by atoms with Crippen molar-refractivity contribution in [1.29, 1.82) is 0 Å². The molecule has 2 aromatic rings. The minimum absolute atomic E-state index is 0.0307. The van der Waals surface area contributed by atoms with Crippen LogP contribution >= 0.6 is 11.8 Å². The summed E-state index contributed by atoms with van der Waals surface area (Å²) in [5.41, 5.74) is 0.896. The minimum atomic E-state index is 0.0307. The van der Waals surface area contributed by atoms with Gasteiger partial charge in [-0.05, 0) is 31.9 Å². The molecule has 0 atom stereocenters. The quantitative estimate of drug-likeness (QED) is 0.693. The number of rotatable bonds is 9. The Balaban J connectivity index is 2.13. The number of nitrogens with one attached hydrogen (secondary N) is 1. The highest BCUT2D eigenvalue weighted by Crippen LogP contribution is 2.30. The summed E-state index contributed by atoms with van der Waals surface area (Å²) in [6.45, 7) is 6.91. The lowest BCUT2D eigenvalue weighted by Gasteiger charge is -2.14.